The molecule has 0 radical (unpaired) electrons. The molecule has 2 heterocycles. The summed E-state index contributed by atoms with van der Waals surface area (Å²) >= 11 is 4.43. The van der Waals surface area contributed by atoms with Crippen LogP contribution in [0.4, 0.5) is 5.82 Å². The first kappa shape index (κ1) is 17.4. The number of hydrogen-bond acceptors (Lipinski definition) is 5. The Hall–Kier alpha value is -0.975. The molecule has 4 nitrogen and oxygen atoms in total. The normalized spacial score (nSPS) is 20.3. The lowest BCUT2D eigenvalue weighted by Gasteiger charge is -2.32. The van der Waals surface area contributed by atoms with Crippen molar-refractivity contribution in [2.24, 2.45) is 0 Å². The molecule has 0 spiro atoms. The Kier molecular flexibility index (Phi) is 4.95. The van der Waals surface area contributed by atoms with E-state index >= 15 is 0 Å². The van der Waals surface area contributed by atoms with E-state index in [0.717, 1.165) is 16.9 Å². The molecule has 22 heavy (non-hydrogen) atoms. The SMILES string of the molecule is CN(C)c1ccc(C=C(CS)B2OC(C)(C)C(C)(C)O2)cn1. The molecule has 1 aliphatic rings. The molecule has 0 bridgehead atoms. The van der Waals surface area contributed by atoms with Crippen molar-refractivity contribution in [3.63, 3.8) is 0 Å². The molecule has 0 aromatic carbocycles. The summed E-state index contributed by atoms with van der Waals surface area (Å²) < 4.78 is 12.2. The van der Waals surface area contributed by atoms with Crippen molar-refractivity contribution in [2.75, 3.05) is 24.7 Å². The van der Waals surface area contributed by atoms with Gasteiger partial charge in [0.05, 0.1) is 11.2 Å². The van der Waals surface area contributed by atoms with Crippen LogP contribution >= 0.6 is 12.6 Å². The van der Waals surface area contributed by atoms with Crippen LogP contribution in [-0.2, 0) is 9.31 Å². The lowest BCUT2D eigenvalue weighted by molar-refractivity contribution is 0.00578. The Morgan fingerprint density at radius 2 is 1.82 bits per heavy atom. The summed E-state index contributed by atoms with van der Waals surface area (Å²) in [6, 6.07) is 4.03. The predicted molar refractivity (Wildman–Crippen MR) is 96.5 cm³/mol. The monoisotopic (exact) mass is 320 g/mol. The second kappa shape index (κ2) is 6.26. The fourth-order valence-electron chi connectivity index (χ4n) is 2.14. The Morgan fingerprint density at radius 3 is 2.23 bits per heavy atom. The molecule has 0 N–H and O–H groups in total. The quantitative estimate of drug-likeness (QED) is 0.683. The summed E-state index contributed by atoms with van der Waals surface area (Å²) in [5, 5.41) is 0. The van der Waals surface area contributed by atoms with Gasteiger partial charge in [-0.25, -0.2) is 4.98 Å². The molecule has 6 heteroatoms. The Balaban J connectivity index is 2.22. The van der Waals surface area contributed by atoms with Crippen LogP contribution in [0.3, 0.4) is 0 Å². The minimum absolute atomic E-state index is 0.341. The highest BCUT2D eigenvalue weighted by atomic mass is 32.1. The molecule has 1 saturated heterocycles. The summed E-state index contributed by atoms with van der Waals surface area (Å²) in [6.45, 7) is 8.21. The minimum atomic E-state index is -0.365. The smallest absolute Gasteiger partial charge is 0.400 e. The topological polar surface area (TPSA) is 34.6 Å². The van der Waals surface area contributed by atoms with Gasteiger partial charge in [0.1, 0.15) is 5.82 Å². The van der Waals surface area contributed by atoms with Gasteiger partial charge in [-0.05, 0) is 50.9 Å². The predicted octanol–water partition coefficient (Wildman–Crippen LogP) is 3.09. The largest absolute Gasteiger partial charge is 0.491 e. The van der Waals surface area contributed by atoms with E-state index in [2.05, 4.69) is 45.3 Å². The summed E-state index contributed by atoms with van der Waals surface area (Å²) in [7, 11) is 3.58. The first-order chi connectivity index (χ1) is 10.2. The zero-order valence-corrected chi connectivity index (χ0v) is 15.1. The summed E-state index contributed by atoms with van der Waals surface area (Å²) in [6.07, 6.45) is 3.89. The molecule has 0 amide bonds. The number of nitrogens with zero attached hydrogens (tertiary/aromatic N) is 2. The van der Waals surface area contributed by atoms with Crippen LogP contribution in [0.25, 0.3) is 6.08 Å². The molecule has 1 fully saturated rings. The third-order valence-electron chi connectivity index (χ3n) is 4.32. The van der Waals surface area contributed by atoms with Gasteiger partial charge < -0.3 is 14.2 Å². The molecular formula is C16H25BN2O2S. The van der Waals surface area contributed by atoms with E-state index in [1.807, 2.05) is 43.4 Å². The number of pyridine rings is 1. The maximum absolute atomic E-state index is 6.08. The highest BCUT2D eigenvalue weighted by Crippen LogP contribution is 2.39. The highest BCUT2D eigenvalue weighted by molar-refractivity contribution is 7.80. The number of anilines is 1. The molecule has 1 aliphatic heterocycles. The van der Waals surface area contributed by atoms with Crippen LogP contribution in [0.1, 0.15) is 33.3 Å². The van der Waals surface area contributed by atoms with E-state index in [1.165, 1.54) is 0 Å². The minimum Gasteiger partial charge on any atom is -0.400 e. The van der Waals surface area contributed by atoms with Crippen LogP contribution < -0.4 is 4.90 Å². The standard InChI is InChI=1S/C16H25BN2O2S/c1-15(2)16(3,4)21-17(20-15)13(11-22)9-12-7-8-14(18-10-12)19(5)6/h7-10,22H,11H2,1-6H3. The third kappa shape index (κ3) is 3.50. The van der Waals surface area contributed by atoms with Gasteiger partial charge in [-0.1, -0.05) is 6.08 Å². The van der Waals surface area contributed by atoms with Crippen molar-refractivity contribution in [3.8, 4) is 0 Å². The summed E-state index contributed by atoms with van der Waals surface area (Å²) in [5.41, 5.74) is 1.34. The first-order valence-corrected chi connectivity index (χ1v) is 8.10. The van der Waals surface area contributed by atoms with Crippen molar-refractivity contribution in [3.05, 3.63) is 29.4 Å². The van der Waals surface area contributed by atoms with Gasteiger partial charge >= 0.3 is 7.12 Å². The van der Waals surface area contributed by atoms with Gasteiger partial charge in [0.2, 0.25) is 0 Å². The molecule has 1 aromatic rings. The zero-order chi connectivity index (χ0) is 16.5. The van der Waals surface area contributed by atoms with E-state index in [1.54, 1.807) is 0 Å². The van der Waals surface area contributed by atoms with E-state index in [4.69, 9.17) is 9.31 Å². The van der Waals surface area contributed by atoms with E-state index in [-0.39, 0.29) is 18.3 Å². The van der Waals surface area contributed by atoms with Crippen molar-refractivity contribution >= 4 is 31.6 Å². The van der Waals surface area contributed by atoms with Crippen LogP contribution in [0.2, 0.25) is 0 Å². The molecule has 0 aliphatic carbocycles. The number of rotatable bonds is 4. The van der Waals surface area contributed by atoms with Gasteiger partial charge in [0, 0.05) is 26.0 Å². The number of hydrogen-bond donors (Lipinski definition) is 1. The van der Waals surface area contributed by atoms with E-state index in [0.29, 0.717) is 5.75 Å². The Morgan fingerprint density at radius 1 is 1.23 bits per heavy atom. The Bertz CT molecular complexity index is 540. The average molecular weight is 320 g/mol. The van der Waals surface area contributed by atoms with Crippen LogP contribution in [0, 0.1) is 0 Å². The van der Waals surface area contributed by atoms with Gasteiger partial charge in [0.15, 0.2) is 0 Å². The van der Waals surface area contributed by atoms with Gasteiger partial charge in [-0.15, -0.1) is 0 Å². The number of thiol groups is 1. The molecule has 0 unspecified atom stereocenters. The van der Waals surface area contributed by atoms with Crippen LogP contribution in [0.5, 0.6) is 0 Å². The second-order valence-corrected chi connectivity index (χ2v) is 7.13. The molecule has 120 valence electrons. The van der Waals surface area contributed by atoms with E-state index in [9.17, 15) is 0 Å². The lowest BCUT2D eigenvalue weighted by atomic mass is 9.78. The molecule has 0 atom stereocenters. The molecular weight excluding hydrogens is 295 g/mol. The average Bonchev–Trinajstić information content (AvgIpc) is 2.65. The van der Waals surface area contributed by atoms with Crippen molar-refractivity contribution in [1.82, 2.24) is 4.98 Å². The van der Waals surface area contributed by atoms with Crippen molar-refractivity contribution in [2.45, 2.75) is 38.9 Å². The maximum Gasteiger partial charge on any atom is 0.491 e. The fraction of sp³-hybridized carbons (Fsp3) is 0.562. The third-order valence-corrected chi connectivity index (χ3v) is 4.68. The molecule has 2 rings (SSSR count). The van der Waals surface area contributed by atoms with Crippen LogP contribution in [-0.4, -0.2) is 43.2 Å². The van der Waals surface area contributed by atoms with Gasteiger partial charge in [0.25, 0.3) is 0 Å². The van der Waals surface area contributed by atoms with Crippen molar-refractivity contribution < 1.29 is 9.31 Å². The van der Waals surface area contributed by atoms with Crippen LogP contribution in [0.15, 0.2) is 23.8 Å². The summed E-state index contributed by atoms with van der Waals surface area (Å²) in [5.74, 6) is 1.51. The maximum atomic E-state index is 6.08. The molecule has 1 aromatic heterocycles. The molecule has 0 saturated carbocycles. The summed E-state index contributed by atoms with van der Waals surface area (Å²) in [4.78, 5) is 6.40. The Labute approximate surface area is 139 Å². The zero-order valence-electron chi connectivity index (χ0n) is 14.3. The van der Waals surface area contributed by atoms with Gasteiger partial charge in [-0.3, -0.25) is 0 Å². The van der Waals surface area contributed by atoms with E-state index < -0.39 is 0 Å². The van der Waals surface area contributed by atoms with Crippen molar-refractivity contribution in [1.29, 1.82) is 0 Å². The number of aromatic nitrogens is 1. The van der Waals surface area contributed by atoms with Gasteiger partial charge in [-0.2, -0.15) is 12.6 Å². The lowest BCUT2D eigenvalue weighted by Crippen LogP contribution is -2.41. The highest BCUT2D eigenvalue weighted by Gasteiger charge is 2.52. The fourth-order valence-corrected chi connectivity index (χ4v) is 2.38. The second-order valence-electron chi connectivity index (χ2n) is 6.81. The first-order valence-electron chi connectivity index (χ1n) is 7.46.